The number of likely N-dealkylation sites (N-methyl/N-ethyl adjacent to an activating group) is 1. The fourth-order valence-electron chi connectivity index (χ4n) is 3.98. The van der Waals surface area contributed by atoms with Crippen LogP contribution < -0.4 is 5.73 Å². The molecular weight excluding hydrogens is 391 g/mol. The van der Waals surface area contributed by atoms with Gasteiger partial charge in [0.25, 0.3) is 0 Å². The van der Waals surface area contributed by atoms with E-state index in [0.29, 0.717) is 12.6 Å². The predicted octanol–water partition coefficient (Wildman–Crippen LogP) is 3.74. The maximum absolute atomic E-state index is 10.5. The van der Waals surface area contributed by atoms with Gasteiger partial charge in [0, 0.05) is 35.3 Å². The zero-order valence-corrected chi connectivity index (χ0v) is 17.0. The van der Waals surface area contributed by atoms with Crippen molar-refractivity contribution in [1.29, 1.82) is 0 Å². The molecule has 1 atom stereocenters. The largest absolute Gasteiger partial charge is 0.504 e. The van der Waals surface area contributed by atoms with Crippen LogP contribution in [0.3, 0.4) is 0 Å². The van der Waals surface area contributed by atoms with Crippen molar-refractivity contribution < 1.29 is 10.2 Å². The molecule has 0 fully saturated rings. The second-order valence-electron chi connectivity index (χ2n) is 6.60. The number of rotatable bonds is 3. The Kier molecular flexibility index (Phi) is 6.75. The summed E-state index contributed by atoms with van der Waals surface area (Å²) in [6, 6.07) is 8.31. The smallest absolute Gasteiger partial charge is 0.165 e. The number of hydrogen-bond donors (Lipinski definition) is 3. The standard InChI is InChI=1S/C19H22N2O2S.2ClH/c1-21-6-4-12-8-13(24-7-5-20)10-14-17(12)15(21)9-11-2-3-16(22)19(23)18(11)14;;/h2-3,8,10,15,22-23H,4-7,9,20H2,1H3;2*1H/t15-;;/m1../s1. The van der Waals surface area contributed by atoms with Crippen molar-refractivity contribution in [2.45, 2.75) is 23.8 Å². The first-order valence-electron chi connectivity index (χ1n) is 8.34. The molecule has 0 aromatic heterocycles. The first kappa shape index (κ1) is 21.2. The highest BCUT2D eigenvalue weighted by atomic mass is 35.5. The summed E-state index contributed by atoms with van der Waals surface area (Å²) in [6.45, 7) is 1.69. The van der Waals surface area contributed by atoms with Crippen LogP contribution in [0.25, 0.3) is 11.1 Å². The van der Waals surface area contributed by atoms with E-state index in [2.05, 4.69) is 24.1 Å². The highest BCUT2D eigenvalue weighted by Gasteiger charge is 2.34. The van der Waals surface area contributed by atoms with Crippen molar-refractivity contribution in [3.8, 4) is 22.6 Å². The Labute approximate surface area is 170 Å². The van der Waals surface area contributed by atoms with Gasteiger partial charge >= 0.3 is 0 Å². The van der Waals surface area contributed by atoms with Gasteiger partial charge in [-0.05, 0) is 60.3 Å². The molecular formula is C19H24Cl2N2O2S. The van der Waals surface area contributed by atoms with E-state index in [9.17, 15) is 10.2 Å². The third kappa shape index (κ3) is 3.39. The average molecular weight is 415 g/mol. The Balaban J connectivity index is 0.00000121. The summed E-state index contributed by atoms with van der Waals surface area (Å²) in [5, 5.41) is 20.5. The number of phenols is 2. The number of benzene rings is 2. The van der Waals surface area contributed by atoms with Crippen LogP contribution in [-0.4, -0.2) is 41.0 Å². The van der Waals surface area contributed by atoms with Gasteiger partial charge in [0.1, 0.15) is 0 Å². The summed E-state index contributed by atoms with van der Waals surface area (Å²) < 4.78 is 0. The molecule has 4 nitrogen and oxygen atoms in total. The van der Waals surface area contributed by atoms with Crippen LogP contribution in [-0.2, 0) is 12.8 Å². The molecule has 1 heterocycles. The van der Waals surface area contributed by atoms with Crippen molar-refractivity contribution >= 4 is 36.6 Å². The van der Waals surface area contributed by atoms with E-state index in [1.54, 1.807) is 17.8 Å². The fraction of sp³-hybridized carbons (Fsp3) is 0.368. The van der Waals surface area contributed by atoms with E-state index in [1.807, 2.05) is 6.07 Å². The van der Waals surface area contributed by atoms with Crippen LogP contribution in [0.15, 0.2) is 29.2 Å². The number of fused-ring (bicyclic) bond motifs is 2. The number of nitrogens with two attached hydrogens (primary N) is 1. The van der Waals surface area contributed by atoms with Crippen molar-refractivity contribution in [3.05, 3.63) is 41.0 Å². The molecule has 2 aliphatic rings. The predicted molar refractivity (Wildman–Crippen MR) is 112 cm³/mol. The summed E-state index contributed by atoms with van der Waals surface area (Å²) in [4.78, 5) is 3.58. The number of halogens is 2. The molecule has 0 unspecified atom stereocenters. The summed E-state index contributed by atoms with van der Waals surface area (Å²) in [7, 11) is 2.17. The second-order valence-corrected chi connectivity index (χ2v) is 7.77. The molecule has 0 bridgehead atoms. The van der Waals surface area contributed by atoms with E-state index in [1.165, 1.54) is 16.0 Å². The number of hydrogen-bond acceptors (Lipinski definition) is 5. The minimum absolute atomic E-state index is 0. The van der Waals surface area contributed by atoms with Gasteiger partial charge in [0.05, 0.1) is 0 Å². The molecule has 2 aromatic carbocycles. The number of aromatic hydroxyl groups is 2. The van der Waals surface area contributed by atoms with Crippen molar-refractivity contribution in [1.82, 2.24) is 4.90 Å². The van der Waals surface area contributed by atoms with Crippen molar-refractivity contribution in [3.63, 3.8) is 0 Å². The van der Waals surface area contributed by atoms with Gasteiger partial charge in [-0.15, -0.1) is 36.6 Å². The lowest BCUT2D eigenvalue weighted by Gasteiger charge is -2.40. The lowest BCUT2D eigenvalue weighted by molar-refractivity contribution is 0.227. The molecule has 0 saturated heterocycles. The van der Waals surface area contributed by atoms with Gasteiger partial charge in [-0.3, -0.25) is 4.90 Å². The molecule has 26 heavy (non-hydrogen) atoms. The van der Waals surface area contributed by atoms with Gasteiger partial charge in [0.2, 0.25) is 0 Å². The van der Waals surface area contributed by atoms with Crippen LogP contribution >= 0.6 is 36.6 Å². The Bertz CT molecular complexity index is 817. The van der Waals surface area contributed by atoms with E-state index >= 15 is 0 Å². The zero-order chi connectivity index (χ0) is 16.8. The monoisotopic (exact) mass is 414 g/mol. The molecule has 1 aliphatic carbocycles. The Morgan fingerprint density at radius 1 is 1.19 bits per heavy atom. The van der Waals surface area contributed by atoms with Crippen LogP contribution in [0.5, 0.6) is 11.5 Å². The minimum Gasteiger partial charge on any atom is -0.504 e. The third-order valence-corrected chi connectivity index (χ3v) is 6.16. The summed E-state index contributed by atoms with van der Waals surface area (Å²) in [5.74, 6) is 0.827. The molecule has 4 rings (SSSR count). The fourth-order valence-corrected chi connectivity index (χ4v) is 4.76. The molecule has 142 valence electrons. The van der Waals surface area contributed by atoms with E-state index < -0.39 is 0 Å². The van der Waals surface area contributed by atoms with Gasteiger partial charge in [-0.1, -0.05) is 6.07 Å². The van der Waals surface area contributed by atoms with Crippen LogP contribution in [0, 0.1) is 0 Å². The first-order chi connectivity index (χ1) is 11.6. The van der Waals surface area contributed by atoms with Crippen molar-refractivity contribution in [2.24, 2.45) is 5.73 Å². The summed E-state index contributed by atoms with van der Waals surface area (Å²) in [6.07, 6.45) is 1.89. The molecule has 1 aliphatic heterocycles. The maximum Gasteiger partial charge on any atom is 0.165 e. The molecule has 0 radical (unpaired) electrons. The van der Waals surface area contributed by atoms with E-state index in [-0.39, 0.29) is 36.3 Å². The number of phenolic OH excluding ortho intramolecular Hbond substituents is 2. The van der Waals surface area contributed by atoms with Crippen LogP contribution in [0.1, 0.15) is 22.7 Å². The van der Waals surface area contributed by atoms with Gasteiger partial charge in [0.15, 0.2) is 11.5 Å². The Hall–Kier alpha value is -1.11. The summed E-state index contributed by atoms with van der Waals surface area (Å²) >= 11 is 1.75. The topological polar surface area (TPSA) is 69.7 Å². The lowest BCUT2D eigenvalue weighted by atomic mass is 9.77. The van der Waals surface area contributed by atoms with Gasteiger partial charge in [-0.25, -0.2) is 0 Å². The highest BCUT2D eigenvalue weighted by molar-refractivity contribution is 7.99. The highest BCUT2D eigenvalue weighted by Crippen LogP contribution is 2.51. The Morgan fingerprint density at radius 2 is 1.96 bits per heavy atom. The van der Waals surface area contributed by atoms with Gasteiger partial charge in [-0.2, -0.15) is 0 Å². The molecule has 7 heteroatoms. The molecule has 4 N–H and O–H groups in total. The molecule has 0 saturated carbocycles. The number of thioether (sulfide) groups is 1. The Morgan fingerprint density at radius 3 is 2.69 bits per heavy atom. The van der Waals surface area contributed by atoms with E-state index in [0.717, 1.165) is 41.8 Å². The minimum atomic E-state index is -0.0508. The summed E-state index contributed by atoms with van der Waals surface area (Å²) in [5.41, 5.74) is 11.3. The quantitative estimate of drug-likeness (QED) is 0.526. The average Bonchev–Trinajstić information content (AvgIpc) is 2.59. The lowest BCUT2D eigenvalue weighted by Crippen LogP contribution is -2.35. The number of nitrogens with zero attached hydrogens (tertiary/aromatic N) is 1. The SMILES string of the molecule is CN1CCc2cc(SCCN)cc3c2[C@H]1Cc1ccc(O)c(O)c1-3.Cl.Cl. The van der Waals surface area contributed by atoms with Crippen LogP contribution in [0.2, 0.25) is 0 Å². The molecule has 0 spiro atoms. The van der Waals surface area contributed by atoms with Gasteiger partial charge < -0.3 is 15.9 Å². The third-order valence-electron chi connectivity index (χ3n) is 5.15. The normalized spacial score (nSPS) is 17.5. The molecule has 0 amide bonds. The second kappa shape index (κ2) is 8.28. The molecule has 2 aromatic rings. The zero-order valence-electron chi connectivity index (χ0n) is 14.6. The maximum atomic E-state index is 10.5. The van der Waals surface area contributed by atoms with Crippen molar-refractivity contribution in [2.75, 3.05) is 25.9 Å². The van der Waals surface area contributed by atoms with E-state index in [4.69, 9.17) is 5.73 Å². The first-order valence-corrected chi connectivity index (χ1v) is 9.32. The van der Waals surface area contributed by atoms with Crippen LogP contribution in [0.4, 0.5) is 0 Å².